The third-order valence-electron chi connectivity index (χ3n) is 4.85. The molecule has 0 fully saturated rings. The summed E-state index contributed by atoms with van der Waals surface area (Å²) in [6, 6.07) is 8.42. The lowest BCUT2D eigenvalue weighted by Crippen LogP contribution is -2.23. The minimum absolute atomic E-state index is 0.0227. The summed E-state index contributed by atoms with van der Waals surface area (Å²) in [7, 11) is 0. The number of rotatable bonds is 5. The lowest BCUT2D eigenvalue weighted by Gasteiger charge is -2.22. The highest BCUT2D eigenvalue weighted by atomic mass is 16.1. The molecule has 0 radical (unpaired) electrons. The maximum atomic E-state index is 12.4. The number of hydrogen-bond donors (Lipinski definition) is 1. The first kappa shape index (κ1) is 17.6. The van der Waals surface area contributed by atoms with Gasteiger partial charge in [0.05, 0.1) is 17.1 Å². The summed E-state index contributed by atoms with van der Waals surface area (Å²) in [5, 5.41) is 3.03. The number of amides is 1. The highest BCUT2D eigenvalue weighted by molar-refractivity contribution is 5.92. The van der Waals surface area contributed by atoms with Crippen molar-refractivity contribution in [3.63, 3.8) is 0 Å². The van der Waals surface area contributed by atoms with Gasteiger partial charge in [0.2, 0.25) is 5.91 Å². The van der Waals surface area contributed by atoms with Crippen LogP contribution in [0.5, 0.6) is 0 Å². The molecule has 1 aromatic carbocycles. The number of nitrogens with zero attached hydrogens (tertiary/aromatic N) is 2. The Morgan fingerprint density at radius 3 is 2.64 bits per heavy atom. The van der Waals surface area contributed by atoms with Crippen molar-refractivity contribution in [2.75, 3.05) is 5.32 Å². The SMILES string of the molecule is CCC(C)C(=O)Nc1nc2c(nc1CC(C)C)-c1ccccc1CC2. The quantitative estimate of drug-likeness (QED) is 0.878. The van der Waals surface area contributed by atoms with Gasteiger partial charge in [-0.2, -0.15) is 0 Å². The third kappa shape index (κ3) is 3.73. The predicted molar refractivity (Wildman–Crippen MR) is 102 cm³/mol. The molecule has 3 rings (SSSR count). The van der Waals surface area contributed by atoms with E-state index in [2.05, 4.69) is 43.4 Å². The molecule has 0 aliphatic heterocycles. The zero-order valence-electron chi connectivity index (χ0n) is 15.6. The summed E-state index contributed by atoms with van der Waals surface area (Å²) in [6.07, 6.45) is 3.46. The van der Waals surface area contributed by atoms with E-state index < -0.39 is 0 Å². The molecule has 132 valence electrons. The van der Waals surface area contributed by atoms with Crippen molar-refractivity contribution in [2.45, 2.75) is 53.4 Å². The molecule has 1 unspecified atom stereocenters. The van der Waals surface area contributed by atoms with E-state index in [1.807, 2.05) is 13.8 Å². The van der Waals surface area contributed by atoms with Gasteiger partial charge in [0.1, 0.15) is 0 Å². The minimum Gasteiger partial charge on any atom is -0.309 e. The van der Waals surface area contributed by atoms with Crippen LogP contribution in [0.2, 0.25) is 0 Å². The molecule has 1 amide bonds. The van der Waals surface area contributed by atoms with E-state index in [0.717, 1.165) is 42.8 Å². The molecule has 1 aromatic heterocycles. The van der Waals surface area contributed by atoms with E-state index in [4.69, 9.17) is 9.97 Å². The van der Waals surface area contributed by atoms with Gasteiger partial charge in [-0.25, -0.2) is 9.97 Å². The van der Waals surface area contributed by atoms with Gasteiger partial charge in [-0.3, -0.25) is 4.79 Å². The maximum Gasteiger partial charge on any atom is 0.228 e. The minimum atomic E-state index is -0.0227. The molecule has 1 N–H and O–H groups in total. The summed E-state index contributed by atoms with van der Waals surface area (Å²) in [5.41, 5.74) is 5.38. The van der Waals surface area contributed by atoms with Crippen LogP contribution in [0, 0.1) is 11.8 Å². The van der Waals surface area contributed by atoms with Gasteiger partial charge in [-0.05, 0) is 37.2 Å². The summed E-state index contributed by atoms with van der Waals surface area (Å²) < 4.78 is 0. The average molecular weight is 337 g/mol. The number of aromatic nitrogens is 2. The molecule has 4 heteroatoms. The molecule has 0 bridgehead atoms. The summed E-state index contributed by atoms with van der Waals surface area (Å²) >= 11 is 0. The number of fused-ring (bicyclic) bond motifs is 3. The van der Waals surface area contributed by atoms with E-state index in [1.54, 1.807) is 0 Å². The lowest BCUT2D eigenvalue weighted by molar-refractivity contribution is -0.119. The molecule has 0 saturated heterocycles. The van der Waals surface area contributed by atoms with Gasteiger partial charge in [0.15, 0.2) is 5.82 Å². The Hall–Kier alpha value is -2.23. The second kappa shape index (κ2) is 7.34. The zero-order chi connectivity index (χ0) is 18.0. The first-order valence-electron chi connectivity index (χ1n) is 9.28. The molecule has 2 aromatic rings. The summed E-state index contributed by atoms with van der Waals surface area (Å²) in [4.78, 5) is 22.2. The molecule has 25 heavy (non-hydrogen) atoms. The standard InChI is InChI=1S/C21H27N3O/c1-5-14(4)21(25)24-20-18(12-13(2)3)22-19-16-9-7-6-8-15(16)10-11-17(19)23-20/h6-9,13-14H,5,10-12H2,1-4H3,(H,23,24,25). The first-order chi connectivity index (χ1) is 12.0. The van der Waals surface area contributed by atoms with E-state index in [9.17, 15) is 4.79 Å². The van der Waals surface area contributed by atoms with Crippen molar-refractivity contribution >= 4 is 11.7 Å². The largest absolute Gasteiger partial charge is 0.309 e. The second-order valence-corrected chi connectivity index (χ2v) is 7.37. The fourth-order valence-electron chi connectivity index (χ4n) is 3.17. The predicted octanol–water partition coefficient (Wildman–Crippen LogP) is 4.43. The van der Waals surface area contributed by atoms with Crippen molar-refractivity contribution in [1.29, 1.82) is 0 Å². The second-order valence-electron chi connectivity index (χ2n) is 7.37. The first-order valence-corrected chi connectivity index (χ1v) is 9.28. The Kier molecular flexibility index (Phi) is 5.16. The number of nitrogens with one attached hydrogen (secondary N) is 1. The van der Waals surface area contributed by atoms with Crippen LogP contribution >= 0.6 is 0 Å². The van der Waals surface area contributed by atoms with Crippen LogP contribution in [0.15, 0.2) is 24.3 Å². The van der Waals surface area contributed by atoms with Crippen LogP contribution in [0.4, 0.5) is 5.82 Å². The Morgan fingerprint density at radius 2 is 1.92 bits per heavy atom. The number of carbonyl (C=O) groups is 1. The Balaban J connectivity index is 2.03. The molecule has 1 heterocycles. The summed E-state index contributed by atoms with van der Waals surface area (Å²) in [5.74, 6) is 1.10. The fourth-order valence-corrected chi connectivity index (χ4v) is 3.17. The van der Waals surface area contributed by atoms with Crippen molar-refractivity contribution < 1.29 is 4.79 Å². The molecule has 1 aliphatic rings. The van der Waals surface area contributed by atoms with Gasteiger partial charge >= 0.3 is 0 Å². The molecule has 1 atom stereocenters. The molecule has 0 spiro atoms. The maximum absolute atomic E-state index is 12.4. The van der Waals surface area contributed by atoms with E-state index >= 15 is 0 Å². The zero-order valence-corrected chi connectivity index (χ0v) is 15.6. The highest BCUT2D eigenvalue weighted by Crippen LogP contribution is 2.33. The topological polar surface area (TPSA) is 54.9 Å². The van der Waals surface area contributed by atoms with Crippen molar-refractivity contribution in [2.24, 2.45) is 11.8 Å². The van der Waals surface area contributed by atoms with Gasteiger partial charge in [0.25, 0.3) is 0 Å². The van der Waals surface area contributed by atoms with E-state index in [-0.39, 0.29) is 11.8 Å². The number of aryl methyl sites for hydroxylation is 2. The number of hydrogen-bond acceptors (Lipinski definition) is 3. The number of carbonyl (C=O) groups excluding carboxylic acids is 1. The van der Waals surface area contributed by atoms with Crippen molar-refractivity contribution in [3.05, 3.63) is 41.2 Å². The van der Waals surface area contributed by atoms with Crippen LogP contribution in [0.3, 0.4) is 0 Å². The number of benzene rings is 1. The van der Waals surface area contributed by atoms with Crippen LogP contribution < -0.4 is 5.32 Å². The van der Waals surface area contributed by atoms with Crippen molar-refractivity contribution in [3.8, 4) is 11.3 Å². The Morgan fingerprint density at radius 1 is 1.16 bits per heavy atom. The van der Waals surface area contributed by atoms with Gasteiger partial charge in [-0.1, -0.05) is 52.0 Å². The lowest BCUT2D eigenvalue weighted by atomic mass is 9.91. The van der Waals surface area contributed by atoms with Crippen molar-refractivity contribution in [1.82, 2.24) is 9.97 Å². The van der Waals surface area contributed by atoms with Crippen LogP contribution in [-0.2, 0) is 24.1 Å². The van der Waals surface area contributed by atoms with E-state index in [1.165, 1.54) is 11.1 Å². The highest BCUT2D eigenvalue weighted by Gasteiger charge is 2.23. The monoisotopic (exact) mass is 337 g/mol. The third-order valence-corrected chi connectivity index (χ3v) is 4.85. The average Bonchev–Trinajstić information content (AvgIpc) is 2.61. The smallest absolute Gasteiger partial charge is 0.228 e. The molecule has 1 aliphatic carbocycles. The Bertz CT molecular complexity index is 783. The molecular formula is C21H27N3O. The van der Waals surface area contributed by atoms with Gasteiger partial charge in [-0.15, -0.1) is 0 Å². The van der Waals surface area contributed by atoms with Crippen LogP contribution in [0.25, 0.3) is 11.3 Å². The van der Waals surface area contributed by atoms with Gasteiger partial charge < -0.3 is 5.32 Å². The Labute approximate surface area is 150 Å². The molecule has 4 nitrogen and oxygen atoms in total. The van der Waals surface area contributed by atoms with Gasteiger partial charge in [0, 0.05) is 11.5 Å². The molecular weight excluding hydrogens is 310 g/mol. The normalized spacial score (nSPS) is 14.0. The van der Waals surface area contributed by atoms with E-state index in [0.29, 0.717) is 11.7 Å². The number of anilines is 1. The fraction of sp³-hybridized carbons (Fsp3) is 0.476. The summed E-state index contributed by atoms with van der Waals surface area (Å²) in [6.45, 7) is 8.29. The molecule has 0 saturated carbocycles. The van der Waals surface area contributed by atoms with Crippen LogP contribution in [-0.4, -0.2) is 15.9 Å². The van der Waals surface area contributed by atoms with Crippen LogP contribution in [0.1, 0.15) is 51.1 Å².